The fourth-order valence-electron chi connectivity index (χ4n) is 5.01. The van der Waals surface area contributed by atoms with Gasteiger partial charge in [-0.1, -0.05) is 73.3 Å². The highest BCUT2D eigenvalue weighted by molar-refractivity contribution is 6.30. The van der Waals surface area contributed by atoms with E-state index in [1.165, 1.54) is 30.2 Å². The molecule has 0 radical (unpaired) electrons. The summed E-state index contributed by atoms with van der Waals surface area (Å²) in [6.45, 7) is -0.213. The number of halogens is 1. The molecule has 0 heterocycles. The predicted octanol–water partition coefficient (Wildman–Crippen LogP) is 5.72. The van der Waals surface area contributed by atoms with Crippen LogP contribution in [0.25, 0.3) is 0 Å². The van der Waals surface area contributed by atoms with E-state index in [0.717, 1.165) is 43.2 Å². The van der Waals surface area contributed by atoms with Crippen LogP contribution in [-0.2, 0) is 22.6 Å². The molecular weight excluding hydrogens is 546 g/mol. The maximum atomic E-state index is 13.8. The molecule has 1 saturated carbocycles. The predicted molar refractivity (Wildman–Crippen MR) is 156 cm³/mol. The zero-order valence-corrected chi connectivity index (χ0v) is 23.7. The highest BCUT2D eigenvalue weighted by Crippen LogP contribution is 2.31. The van der Waals surface area contributed by atoms with Gasteiger partial charge in [0.25, 0.3) is 5.91 Å². The lowest BCUT2D eigenvalue weighted by Crippen LogP contribution is -2.53. The fourth-order valence-corrected chi connectivity index (χ4v) is 5.14. The number of nitrogens with zero attached hydrogens (tertiary/aromatic N) is 2. The zero-order chi connectivity index (χ0) is 29.2. The second-order valence-corrected chi connectivity index (χ2v) is 10.5. The summed E-state index contributed by atoms with van der Waals surface area (Å²) >= 11 is 6.10. The van der Waals surface area contributed by atoms with E-state index in [1.807, 2.05) is 42.5 Å². The number of benzene rings is 3. The Morgan fingerprint density at radius 2 is 1.73 bits per heavy atom. The lowest BCUT2D eigenvalue weighted by Gasteiger charge is -2.33. The molecule has 1 aliphatic rings. The highest BCUT2D eigenvalue weighted by atomic mass is 35.5. The van der Waals surface area contributed by atoms with Crippen molar-refractivity contribution in [3.05, 3.63) is 99.1 Å². The molecule has 0 aliphatic heterocycles. The van der Waals surface area contributed by atoms with Crippen LogP contribution in [0, 0.1) is 10.1 Å². The molecule has 9 nitrogen and oxygen atoms in total. The van der Waals surface area contributed by atoms with Gasteiger partial charge in [0, 0.05) is 36.2 Å². The maximum absolute atomic E-state index is 13.8. The largest absolute Gasteiger partial charge is 0.490 e. The molecule has 3 aromatic carbocycles. The van der Waals surface area contributed by atoms with Crippen molar-refractivity contribution in [1.29, 1.82) is 0 Å². The number of nitro groups is 1. The van der Waals surface area contributed by atoms with Gasteiger partial charge in [-0.05, 0) is 42.2 Å². The Hall–Kier alpha value is -4.11. The number of rotatable bonds is 12. The molecule has 41 heavy (non-hydrogen) atoms. The molecule has 0 bridgehead atoms. The number of nitro benzene ring substituents is 1. The molecule has 0 saturated heterocycles. The average molecular weight is 580 g/mol. The summed E-state index contributed by atoms with van der Waals surface area (Å²) in [5.41, 5.74) is 1.52. The van der Waals surface area contributed by atoms with Gasteiger partial charge in [0.1, 0.15) is 11.8 Å². The van der Waals surface area contributed by atoms with Gasteiger partial charge < -0.3 is 19.7 Å². The third-order valence-electron chi connectivity index (χ3n) is 7.20. The van der Waals surface area contributed by atoms with Crippen LogP contribution in [0.2, 0.25) is 5.02 Å². The average Bonchev–Trinajstić information content (AvgIpc) is 2.99. The molecule has 0 aromatic heterocycles. The highest BCUT2D eigenvalue weighted by Gasteiger charge is 2.32. The molecule has 1 fully saturated rings. The first kappa shape index (κ1) is 29.9. The Bertz CT molecular complexity index is 1330. The molecule has 2 amide bonds. The van der Waals surface area contributed by atoms with Crippen LogP contribution in [0.4, 0.5) is 5.69 Å². The fraction of sp³-hybridized carbons (Fsp3) is 0.355. The van der Waals surface area contributed by atoms with E-state index in [9.17, 15) is 19.7 Å². The summed E-state index contributed by atoms with van der Waals surface area (Å²) in [7, 11) is 1.32. The normalized spacial score (nSPS) is 14.1. The van der Waals surface area contributed by atoms with Crippen LogP contribution in [0.5, 0.6) is 11.5 Å². The van der Waals surface area contributed by atoms with Gasteiger partial charge in [-0.3, -0.25) is 19.7 Å². The minimum atomic E-state index is -0.794. The number of nitrogens with one attached hydrogen (secondary N) is 1. The molecule has 1 N–H and O–H groups in total. The van der Waals surface area contributed by atoms with E-state index in [1.54, 1.807) is 12.1 Å². The zero-order valence-electron chi connectivity index (χ0n) is 23.0. The lowest BCUT2D eigenvalue weighted by atomic mass is 9.94. The summed E-state index contributed by atoms with van der Waals surface area (Å²) in [6, 6.07) is 20.0. The van der Waals surface area contributed by atoms with Gasteiger partial charge in [0.2, 0.25) is 11.7 Å². The van der Waals surface area contributed by atoms with Crippen molar-refractivity contribution in [2.75, 3.05) is 13.7 Å². The lowest BCUT2D eigenvalue weighted by molar-refractivity contribution is -0.385. The van der Waals surface area contributed by atoms with E-state index >= 15 is 0 Å². The number of carbonyl (C=O) groups excluding carboxylic acids is 2. The topological polar surface area (TPSA) is 111 Å². The minimum Gasteiger partial charge on any atom is -0.490 e. The van der Waals surface area contributed by atoms with E-state index < -0.39 is 16.9 Å². The minimum absolute atomic E-state index is 0.0202. The number of hydrogen-bond donors (Lipinski definition) is 1. The second-order valence-electron chi connectivity index (χ2n) is 10.1. The standard InChI is InChI=1S/C31H34ClN3O6/c1-40-29-19-26(16-17-27(29)35(38)39)41-21-30(36)34(20-23-12-14-24(32)15-13-23)28(18-22-8-4-2-5-9-22)31(37)33-25-10-6-3-7-11-25/h2,4-5,8-9,12-17,19,25,28H,3,6-7,10-11,18,20-21H2,1H3,(H,33,37)/t28-/m0/s1. The smallest absolute Gasteiger partial charge is 0.311 e. The number of methoxy groups -OCH3 is 1. The summed E-state index contributed by atoms with van der Waals surface area (Å²) in [6.07, 6.45) is 5.44. The monoisotopic (exact) mass is 579 g/mol. The summed E-state index contributed by atoms with van der Waals surface area (Å²) in [4.78, 5) is 39.9. The van der Waals surface area contributed by atoms with Gasteiger partial charge in [-0.25, -0.2) is 0 Å². The quantitative estimate of drug-likeness (QED) is 0.217. The van der Waals surface area contributed by atoms with Gasteiger partial charge in [-0.2, -0.15) is 0 Å². The van der Waals surface area contributed by atoms with Gasteiger partial charge in [-0.15, -0.1) is 0 Å². The number of ether oxygens (including phenoxy) is 2. The molecule has 4 rings (SSSR count). The molecule has 1 aliphatic carbocycles. The van der Waals surface area contributed by atoms with Crippen molar-refractivity contribution in [2.45, 2.75) is 57.2 Å². The second kappa shape index (κ2) is 14.5. The first-order chi connectivity index (χ1) is 19.8. The van der Waals surface area contributed by atoms with Crippen molar-refractivity contribution >= 4 is 29.1 Å². The molecule has 0 spiro atoms. The van der Waals surface area contributed by atoms with Crippen molar-refractivity contribution in [1.82, 2.24) is 10.2 Å². The Morgan fingerprint density at radius 3 is 2.39 bits per heavy atom. The molecule has 1 atom stereocenters. The van der Waals surface area contributed by atoms with Crippen LogP contribution >= 0.6 is 11.6 Å². The third kappa shape index (κ3) is 8.44. The Morgan fingerprint density at radius 1 is 1.02 bits per heavy atom. The molecule has 3 aromatic rings. The SMILES string of the molecule is COc1cc(OCC(=O)N(Cc2ccc(Cl)cc2)[C@@H](Cc2ccccc2)C(=O)NC2CCCCC2)ccc1[N+](=O)[O-]. The van der Waals surface area contributed by atoms with Gasteiger partial charge in [0.05, 0.1) is 12.0 Å². The Balaban J connectivity index is 1.61. The van der Waals surface area contributed by atoms with Crippen LogP contribution in [0.1, 0.15) is 43.2 Å². The summed E-state index contributed by atoms with van der Waals surface area (Å²) in [5, 5.41) is 15.0. The van der Waals surface area contributed by atoms with Gasteiger partial charge >= 0.3 is 5.69 Å². The number of hydrogen-bond acceptors (Lipinski definition) is 6. The summed E-state index contributed by atoms with van der Waals surface area (Å²) < 4.78 is 10.9. The van der Waals surface area contributed by atoms with Crippen LogP contribution in [-0.4, -0.2) is 47.4 Å². The van der Waals surface area contributed by atoms with E-state index in [-0.39, 0.29) is 42.3 Å². The molecule has 0 unspecified atom stereocenters. The third-order valence-corrected chi connectivity index (χ3v) is 7.45. The van der Waals surface area contributed by atoms with E-state index in [0.29, 0.717) is 11.4 Å². The van der Waals surface area contributed by atoms with Crippen LogP contribution in [0.3, 0.4) is 0 Å². The first-order valence-electron chi connectivity index (χ1n) is 13.7. The Labute approximate surface area is 244 Å². The van der Waals surface area contributed by atoms with Crippen LogP contribution < -0.4 is 14.8 Å². The van der Waals surface area contributed by atoms with E-state index in [2.05, 4.69) is 5.32 Å². The molecule has 216 valence electrons. The van der Waals surface area contributed by atoms with Gasteiger partial charge in [0.15, 0.2) is 6.61 Å². The molecule has 10 heteroatoms. The van der Waals surface area contributed by atoms with Crippen molar-refractivity contribution in [2.24, 2.45) is 0 Å². The number of carbonyl (C=O) groups is 2. The maximum Gasteiger partial charge on any atom is 0.311 e. The van der Waals surface area contributed by atoms with E-state index in [4.69, 9.17) is 21.1 Å². The Kier molecular flexibility index (Phi) is 10.6. The summed E-state index contributed by atoms with van der Waals surface area (Å²) in [5.74, 6) is -0.359. The first-order valence-corrected chi connectivity index (χ1v) is 14.0. The number of amides is 2. The molecular formula is C31H34ClN3O6. The van der Waals surface area contributed by atoms with Crippen molar-refractivity contribution in [3.63, 3.8) is 0 Å². The van der Waals surface area contributed by atoms with Crippen LogP contribution in [0.15, 0.2) is 72.8 Å². The van der Waals surface area contributed by atoms with Crippen molar-refractivity contribution < 1.29 is 24.0 Å². The van der Waals surface area contributed by atoms with Crippen molar-refractivity contribution in [3.8, 4) is 11.5 Å².